The van der Waals surface area contributed by atoms with Crippen molar-refractivity contribution in [1.82, 2.24) is 0 Å². The summed E-state index contributed by atoms with van der Waals surface area (Å²) in [6.07, 6.45) is 0.274. The summed E-state index contributed by atoms with van der Waals surface area (Å²) >= 11 is 1.52. The zero-order chi connectivity index (χ0) is 10.1. The van der Waals surface area contributed by atoms with E-state index in [9.17, 15) is 4.39 Å². The standard InChI is InChI=1S/C11H8FNS/c1-7-8(2-4-13)6-10(12)9-3-5-14-11(7)9/h3,5-6H,2H2,1H3. The number of halogens is 1. The second-order valence-electron chi connectivity index (χ2n) is 3.14. The zero-order valence-electron chi connectivity index (χ0n) is 7.67. The van der Waals surface area contributed by atoms with Crippen molar-refractivity contribution in [2.24, 2.45) is 0 Å². The molecule has 0 aliphatic carbocycles. The average Bonchev–Trinajstić information content (AvgIpc) is 2.63. The first kappa shape index (κ1) is 9.17. The number of rotatable bonds is 1. The highest BCUT2D eigenvalue weighted by molar-refractivity contribution is 7.17. The molecule has 2 aromatic rings. The molecule has 0 aliphatic rings. The van der Waals surface area contributed by atoms with Gasteiger partial charge in [-0.2, -0.15) is 5.26 Å². The fraction of sp³-hybridized carbons (Fsp3) is 0.182. The predicted molar refractivity (Wildman–Crippen MR) is 55.8 cm³/mol. The van der Waals surface area contributed by atoms with Crippen LogP contribution in [-0.2, 0) is 6.42 Å². The van der Waals surface area contributed by atoms with Gasteiger partial charge in [-0.15, -0.1) is 11.3 Å². The van der Waals surface area contributed by atoms with Crippen LogP contribution < -0.4 is 0 Å². The number of aryl methyl sites for hydroxylation is 1. The van der Waals surface area contributed by atoms with E-state index in [1.54, 1.807) is 6.07 Å². The second kappa shape index (κ2) is 3.39. The molecule has 0 saturated carbocycles. The van der Waals surface area contributed by atoms with Crippen LogP contribution in [0.1, 0.15) is 11.1 Å². The van der Waals surface area contributed by atoms with Crippen LogP contribution in [-0.4, -0.2) is 0 Å². The SMILES string of the molecule is Cc1c(CC#N)cc(F)c2ccsc12. The molecule has 0 amide bonds. The summed E-state index contributed by atoms with van der Waals surface area (Å²) < 4.78 is 14.4. The van der Waals surface area contributed by atoms with Gasteiger partial charge >= 0.3 is 0 Å². The van der Waals surface area contributed by atoms with Gasteiger partial charge in [-0.25, -0.2) is 4.39 Å². The molecule has 0 atom stereocenters. The van der Waals surface area contributed by atoms with Gasteiger partial charge < -0.3 is 0 Å². The molecule has 1 aromatic heterocycles. The Morgan fingerprint density at radius 2 is 2.36 bits per heavy atom. The Morgan fingerprint density at radius 3 is 3.07 bits per heavy atom. The first-order valence-electron chi connectivity index (χ1n) is 4.26. The molecular formula is C11H8FNS. The van der Waals surface area contributed by atoms with Gasteiger partial charge in [0.1, 0.15) is 5.82 Å². The lowest BCUT2D eigenvalue weighted by atomic mass is 10.0. The van der Waals surface area contributed by atoms with Crippen molar-refractivity contribution < 1.29 is 4.39 Å². The monoisotopic (exact) mass is 205 g/mol. The number of thiophene rings is 1. The highest BCUT2D eigenvalue weighted by Crippen LogP contribution is 2.29. The predicted octanol–water partition coefficient (Wildman–Crippen LogP) is 3.41. The molecule has 0 spiro atoms. The summed E-state index contributed by atoms with van der Waals surface area (Å²) in [5.41, 5.74) is 1.82. The van der Waals surface area contributed by atoms with Crippen LogP contribution in [0.3, 0.4) is 0 Å². The Balaban J connectivity index is 2.76. The van der Waals surface area contributed by atoms with Gasteiger partial charge in [0.2, 0.25) is 0 Å². The van der Waals surface area contributed by atoms with E-state index >= 15 is 0 Å². The quantitative estimate of drug-likeness (QED) is 0.699. The lowest BCUT2D eigenvalue weighted by Crippen LogP contribution is -1.90. The van der Waals surface area contributed by atoms with Gasteiger partial charge in [0.15, 0.2) is 0 Å². The molecule has 14 heavy (non-hydrogen) atoms. The molecule has 2 rings (SSSR count). The maximum atomic E-state index is 13.5. The fourth-order valence-corrected chi connectivity index (χ4v) is 2.48. The van der Waals surface area contributed by atoms with Crippen molar-refractivity contribution in [2.45, 2.75) is 13.3 Å². The van der Waals surface area contributed by atoms with Crippen LogP contribution in [0.2, 0.25) is 0 Å². The van der Waals surface area contributed by atoms with E-state index in [-0.39, 0.29) is 12.2 Å². The van der Waals surface area contributed by atoms with Crippen LogP contribution in [0, 0.1) is 24.1 Å². The summed E-state index contributed by atoms with van der Waals surface area (Å²) in [6.45, 7) is 1.94. The van der Waals surface area contributed by atoms with Gasteiger partial charge in [-0.05, 0) is 35.6 Å². The van der Waals surface area contributed by atoms with Crippen LogP contribution >= 0.6 is 11.3 Å². The Morgan fingerprint density at radius 1 is 1.57 bits per heavy atom. The van der Waals surface area contributed by atoms with Crippen molar-refractivity contribution in [1.29, 1.82) is 5.26 Å². The van der Waals surface area contributed by atoms with Crippen LogP contribution in [0.25, 0.3) is 10.1 Å². The molecular weight excluding hydrogens is 197 g/mol. The van der Waals surface area contributed by atoms with E-state index in [2.05, 4.69) is 0 Å². The summed E-state index contributed by atoms with van der Waals surface area (Å²) in [6, 6.07) is 5.29. The number of nitrogens with zero attached hydrogens (tertiary/aromatic N) is 1. The van der Waals surface area contributed by atoms with Crippen molar-refractivity contribution in [3.8, 4) is 6.07 Å². The normalized spacial score (nSPS) is 10.4. The maximum Gasteiger partial charge on any atom is 0.132 e. The highest BCUT2D eigenvalue weighted by atomic mass is 32.1. The lowest BCUT2D eigenvalue weighted by molar-refractivity contribution is 0.638. The van der Waals surface area contributed by atoms with E-state index in [4.69, 9.17) is 5.26 Å². The van der Waals surface area contributed by atoms with Gasteiger partial charge in [0.25, 0.3) is 0 Å². The van der Waals surface area contributed by atoms with Crippen molar-refractivity contribution in [2.75, 3.05) is 0 Å². The van der Waals surface area contributed by atoms with Crippen LogP contribution in [0.4, 0.5) is 4.39 Å². The minimum Gasteiger partial charge on any atom is -0.206 e. The molecule has 0 unspecified atom stereocenters. The van der Waals surface area contributed by atoms with E-state index in [1.807, 2.05) is 18.4 Å². The first-order chi connectivity index (χ1) is 6.74. The maximum absolute atomic E-state index is 13.5. The van der Waals surface area contributed by atoms with Crippen molar-refractivity contribution in [3.05, 3.63) is 34.5 Å². The Hall–Kier alpha value is -1.40. The van der Waals surface area contributed by atoms with E-state index in [0.29, 0.717) is 5.39 Å². The Labute approximate surface area is 85.4 Å². The second-order valence-corrected chi connectivity index (χ2v) is 4.06. The van der Waals surface area contributed by atoms with E-state index in [1.165, 1.54) is 17.4 Å². The molecule has 0 radical (unpaired) electrons. The topological polar surface area (TPSA) is 23.8 Å². The first-order valence-corrected chi connectivity index (χ1v) is 5.14. The Kier molecular flexibility index (Phi) is 2.22. The summed E-state index contributed by atoms with van der Waals surface area (Å²) in [7, 11) is 0. The van der Waals surface area contributed by atoms with Crippen LogP contribution in [0.5, 0.6) is 0 Å². The minimum absolute atomic E-state index is 0.225. The number of benzene rings is 1. The van der Waals surface area contributed by atoms with Crippen molar-refractivity contribution >= 4 is 21.4 Å². The molecule has 1 nitrogen and oxygen atoms in total. The third kappa shape index (κ3) is 1.28. The largest absolute Gasteiger partial charge is 0.206 e. The number of fused-ring (bicyclic) bond motifs is 1. The third-order valence-corrected chi connectivity index (χ3v) is 3.35. The molecule has 0 N–H and O–H groups in total. The van der Waals surface area contributed by atoms with Crippen molar-refractivity contribution in [3.63, 3.8) is 0 Å². The van der Waals surface area contributed by atoms with Gasteiger partial charge in [0, 0.05) is 10.1 Å². The van der Waals surface area contributed by atoms with Gasteiger partial charge in [-0.1, -0.05) is 0 Å². The molecule has 1 heterocycles. The van der Waals surface area contributed by atoms with Crippen LogP contribution in [0.15, 0.2) is 17.5 Å². The molecule has 0 bridgehead atoms. The molecule has 0 aliphatic heterocycles. The number of hydrogen-bond acceptors (Lipinski definition) is 2. The fourth-order valence-electron chi connectivity index (χ4n) is 1.54. The summed E-state index contributed by atoms with van der Waals surface area (Å²) in [5.74, 6) is -0.225. The van der Waals surface area contributed by atoms with Gasteiger partial charge in [0.05, 0.1) is 12.5 Å². The van der Waals surface area contributed by atoms with E-state index in [0.717, 1.165) is 15.8 Å². The number of hydrogen-bond donors (Lipinski definition) is 0. The average molecular weight is 205 g/mol. The third-order valence-electron chi connectivity index (χ3n) is 2.32. The molecule has 0 saturated heterocycles. The smallest absolute Gasteiger partial charge is 0.132 e. The zero-order valence-corrected chi connectivity index (χ0v) is 8.49. The molecule has 70 valence electrons. The Bertz CT molecular complexity index is 522. The highest BCUT2D eigenvalue weighted by Gasteiger charge is 2.09. The number of nitriles is 1. The minimum atomic E-state index is -0.225. The van der Waals surface area contributed by atoms with Gasteiger partial charge in [-0.3, -0.25) is 0 Å². The molecule has 3 heteroatoms. The lowest BCUT2D eigenvalue weighted by Gasteiger charge is -2.03. The van der Waals surface area contributed by atoms with E-state index < -0.39 is 0 Å². The molecule has 0 fully saturated rings. The molecule has 1 aromatic carbocycles. The summed E-state index contributed by atoms with van der Waals surface area (Å²) in [5, 5.41) is 11.1. The summed E-state index contributed by atoms with van der Waals surface area (Å²) in [4.78, 5) is 0.